The average molecular weight is 362 g/mol. The van der Waals surface area contributed by atoms with Gasteiger partial charge in [0.25, 0.3) is 6.43 Å². The highest BCUT2D eigenvalue weighted by atomic mass is 127. The van der Waals surface area contributed by atoms with Gasteiger partial charge in [0.15, 0.2) is 0 Å². The van der Waals surface area contributed by atoms with E-state index in [4.69, 9.17) is 11.6 Å². The van der Waals surface area contributed by atoms with Gasteiger partial charge in [0, 0.05) is 9.77 Å². The first-order chi connectivity index (χ1) is 7.49. The second kappa shape index (κ2) is 5.72. The number of carbonyl (C=O) groups is 1. The van der Waals surface area contributed by atoms with Crippen molar-refractivity contribution in [1.29, 1.82) is 0 Å². The van der Waals surface area contributed by atoms with Crippen LogP contribution in [0.5, 0.6) is 0 Å². The Bertz CT molecular complexity index is 415. The molecule has 0 saturated heterocycles. The minimum atomic E-state index is -2.84. The van der Waals surface area contributed by atoms with Crippen LogP contribution in [0, 0.1) is 3.57 Å². The Labute approximate surface area is 109 Å². The summed E-state index contributed by atoms with van der Waals surface area (Å²) < 4.78 is 30.2. The van der Waals surface area contributed by atoms with Gasteiger partial charge in [-0.15, -0.1) is 0 Å². The smallest absolute Gasteiger partial charge is 0.341 e. The van der Waals surface area contributed by atoms with Crippen LogP contribution in [-0.4, -0.2) is 17.6 Å². The summed E-state index contributed by atoms with van der Waals surface area (Å²) in [5, 5.41) is 0.146. The van der Waals surface area contributed by atoms with E-state index in [9.17, 15) is 13.6 Å². The normalized spacial score (nSPS) is 10.6. The zero-order valence-corrected chi connectivity index (χ0v) is 11.1. The number of esters is 1. The lowest BCUT2D eigenvalue weighted by Gasteiger charge is -2.10. The van der Waals surface area contributed by atoms with Crippen LogP contribution in [0.15, 0.2) is 6.20 Å². The van der Waals surface area contributed by atoms with Crippen molar-refractivity contribution in [3.05, 3.63) is 26.0 Å². The maximum absolute atomic E-state index is 12.6. The summed E-state index contributed by atoms with van der Waals surface area (Å²) >= 11 is 7.42. The monoisotopic (exact) mass is 361 g/mol. The molecule has 0 fully saturated rings. The van der Waals surface area contributed by atoms with Crippen LogP contribution < -0.4 is 0 Å². The molecule has 0 aliphatic heterocycles. The van der Waals surface area contributed by atoms with Gasteiger partial charge in [-0.05, 0) is 29.5 Å². The van der Waals surface area contributed by atoms with E-state index in [1.54, 1.807) is 29.5 Å². The molecule has 1 rings (SSSR count). The summed E-state index contributed by atoms with van der Waals surface area (Å²) in [6.07, 6.45) is -1.75. The summed E-state index contributed by atoms with van der Waals surface area (Å²) in [5.41, 5.74) is -0.864. The van der Waals surface area contributed by atoms with Crippen molar-refractivity contribution >= 4 is 40.2 Å². The molecule has 3 nitrogen and oxygen atoms in total. The summed E-state index contributed by atoms with van der Waals surface area (Å²) in [4.78, 5) is 14.9. The Hall–Kier alpha value is -0.500. The fraction of sp³-hybridized carbons (Fsp3) is 0.333. The highest BCUT2D eigenvalue weighted by molar-refractivity contribution is 14.1. The Morgan fingerprint density at radius 3 is 2.81 bits per heavy atom. The lowest BCUT2D eigenvalue weighted by atomic mass is 10.2. The van der Waals surface area contributed by atoms with Crippen LogP contribution in [0.25, 0.3) is 0 Å². The largest absolute Gasteiger partial charge is 0.462 e. The van der Waals surface area contributed by atoms with Gasteiger partial charge in [-0.2, -0.15) is 0 Å². The van der Waals surface area contributed by atoms with E-state index in [1.807, 2.05) is 0 Å². The zero-order valence-electron chi connectivity index (χ0n) is 8.14. The van der Waals surface area contributed by atoms with Gasteiger partial charge in [-0.25, -0.2) is 13.6 Å². The SMILES string of the molecule is CCOC(=O)c1c(C(F)F)ncc(Cl)c1I. The zero-order chi connectivity index (χ0) is 12.3. The summed E-state index contributed by atoms with van der Waals surface area (Å²) in [6, 6.07) is 0. The molecule has 0 bridgehead atoms. The molecule has 0 saturated carbocycles. The van der Waals surface area contributed by atoms with Crippen molar-refractivity contribution in [2.45, 2.75) is 13.3 Å². The van der Waals surface area contributed by atoms with Crippen LogP contribution >= 0.6 is 34.2 Å². The molecule has 1 aromatic heterocycles. The second-order valence-corrected chi connectivity index (χ2v) is 4.19. The number of ether oxygens (including phenoxy) is 1. The number of halogens is 4. The van der Waals surface area contributed by atoms with Crippen molar-refractivity contribution < 1.29 is 18.3 Å². The highest BCUT2D eigenvalue weighted by Crippen LogP contribution is 2.29. The number of pyridine rings is 1. The number of alkyl halides is 2. The topological polar surface area (TPSA) is 39.2 Å². The molecule has 88 valence electrons. The van der Waals surface area contributed by atoms with Crippen molar-refractivity contribution in [3.8, 4) is 0 Å². The van der Waals surface area contributed by atoms with Gasteiger partial charge < -0.3 is 4.74 Å². The Kier molecular flexibility index (Phi) is 4.85. The number of hydrogen-bond donors (Lipinski definition) is 0. The maximum Gasteiger partial charge on any atom is 0.341 e. The minimum absolute atomic E-state index is 0.101. The molecule has 0 spiro atoms. The van der Waals surface area contributed by atoms with Gasteiger partial charge in [0.05, 0.1) is 11.6 Å². The number of rotatable bonds is 3. The molecule has 0 atom stereocenters. The first-order valence-electron chi connectivity index (χ1n) is 4.28. The number of nitrogens with zero attached hydrogens (tertiary/aromatic N) is 1. The molecule has 0 aliphatic rings. The van der Waals surface area contributed by atoms with Gasteiger partial charge >= 0.3 is 5.97 Å². The maximum atomic E-state index is 12.6. The number of carbonyl (C=O) groups excluding carboxylic acids is 1. The van der Waals surface area contributed by atoms with Gasteiger partial charge in [0.2, 0.25) is 0 Å². The fourth-order valence-electron chi connectivity index (χ4n) is 1.04. The summed E-state index contributed by atoms with van der Waals surface area (Å²) in [6.45, 7) is 1.69. The lowest BCUT2D eigenvalue weighted by molar-refractivity contribution is 0.0512. The molecule has 0 N–H and O–H groups in total. The van der Waals surface area contributed by atoms with Crippen LogP contribution in [-0.2, 0) is 4.74 Å². The average Bonchev–Trinajstić information content (AvgIpc) is 2.21. The Morgan fingerprint density at radius 2 is 2.31 bits per heavy atom. The van der Waals surface area contributed by atoms with Gasteiger partial charge in [-0.3, -0.25) is 4.98 Å². The third-order valence-corrected chi connectivity index (χ3v) is 3.41. The molecule has 1 aromatic rings. The van der Waals surface area contributed by atoms with E-state index in [0.29, 0.717) is 0 Å². The molecular weight excluding hydrogens is 354 g/mol. The highest BCUT2D eigenvalue weighted by Gasteiger charge is 2.25. The number of aromatic nitrogens is 1. The molecule has 16 heavy (non-hydrogen) atoms. The van der Waals surface area contributed by atoms with Gasteiger partial charge in [0.1, 0.15) is 11.3 Å². The van der Waals surface area contributed by atoms with Crippen LogP contribution in [0.1, 0.15) is 29.4 Å². The molecule has 0 amide bonds. The Morgan fingerprint density at radius 1 is 1.69 bits per heavy atom. The third kappa shape index (κ3) is 2.79. The van der Waals surface area contributed by atoms with E-state index >= 15 is 0 Å². The van der Waals surface area contributed by atoms with E-state index < -0.39 is 18.1 Å². The van der Waals surface area contributed by atoms with E-state index in [2.05, 4.69) is 9.72 Å². The first kappa shape index (κ1) is 13.6. The molecule has 0 aromatic carbocycles. The molecule has 7 heteroatoms. The van der Waals surface area contributed by atoms with Crippen LogP contribution in [0.2, 0.25) is 5.02 Å². The molecule has 1 heterocycles. The minimum Gasteiger partial charge on any atom is -0.462 e. The Balaban J connectivity index is 3.31. The number of hydrogen-bond acceptors (Lipinski definition) is 3. The first-order valence-corrected chi connectivity index (χ1v) is 5.73. The fourth-order valence-corrected chi connectivity index (χ4v) is 1.82. The van der Waals surface area contributed by atoms with Crippen molar-refractivity contribution in [3.63, 3.8) is 0 Å². The van der Waals surface area contributed by atoms with Crippen molar-refractivity contribution in [2.24, 2.45) is 0 Å². The molecule has 0 aliphatic carbocycles. The van der Waals surface area contributed by atoms with Crippen LogP contribution in [0.3, 0.4) is 0 Å². The van der Waals surface area contributed by atoms with E-state index in [-0.39, 0.29) is 20.8 Å². The van der Waals surface area contributed by atoms with Gasteiger partial charge in [-0.1, -0.05) is 11.6 Å². The standard InChI is InChI=1S/C9H7ClF2INO2/c1-2-16-9(15)5-6(13)4(10)3-14-7(5)8(11)12/h3,8H,2H2,1H3. The molecule has 0 radical (unpaired) electrons. The third-order valence-electron chi connectivity index (χ3n) is 1.69. The van der Waals surface area contributed by atoms with Crippen molar-refractivity contribution in [1.82, 2.24) is 4.98 Å². The predicted octanol–water partition coefficient (Wildman–Crippen LogP) is 3.45. The predicted molar refractivity (Wildman–Crippen MR) is 62.9 cm³/mol. The van der Waals surface area contributed by atoms with E-state index in [1.165, 1.54) is 0 Å². The van der Waals surface area contributed by atoms with E-state index in [0.717, 1.165) is 6.20 Å². The van der Waals surface area contributed by atoms with Crippen molar-refractivity contribution in [2.75, 3.05) is 6.61 Å². The molecular formula is C9H7ClF2INO2. The quantitative estimate of drug-likeness (QED) is 0.611. The lowest BCUT2D eigenvalue weighted by Crippen LogP contribution is -2.12. The summed E-state index contributed by atoms with van der Waals surface area (Å²) in [7, 11) is 0. The summed E-state index contributed by atoms with van der Waals surface area (Å²) in [5.74, 6) is -0.836. The second-order valence-electron chi connectivity index (χ2n) is 2.70. The van der Waals surface area contributed by atoms with Crippen LogP contribution in [0.4, 0.5) is 8.78 Å². The molecule has 0 unspecified atom stereocenters.